The highest BCUT2D eigenvalue weighted by Gasteiger charge is 2.65. The number of benzene rings is 1. The number of aromatic nitrogens is 3. The maximum atomic E-state index is 13.2. The van der Waals surface area contributed by atoms with Crippen LogP contribution in [-0.4, -0.2) is 51.7 Å². The summed E-state index contributed by atoms with van der Waals surface area (Å²) in [5.41, 5.74) is 2.43. The van der Waals surface area contributed by atoms with Gasteiger partial charge in [-0.1, -0.05) is 6.92 Å². The summed E-state index contributed by atoms with van der Waals surface area (Å²) in [5, 5.41) is 13.5. The maximum absolute atomic E-state index is 13.2. The van der Waals surface area contributed by atoms with Crippen molar-refractivity contribution in [3.63, 3.8) is 0 Å². The van der Waals surface area contributed by atoms with Crippen LogP contribution in [0.15, 0.2) is 41.3 Å². The standard InChI is InChI=1S/C27H31N7O/c1-17(2)32-8-10-33(11-9-32)23-6-4-22(5-7-23)30-26-29-16-20-12-19(15-28)25(35)34(24(20)31-26)27-13-21(14-27)18(27)3/h4-7,12,16-18,21H,8-11,13-14H2,1-3H3,(H,29,30,31)/t18-,21?,27?/m1/s1. The third-order valence-electron chi connectivity index (χ3n) is 8.63. The molecule has 180 valence electrons. The van der Waals surface area contributed by atoms with E-state index in [1.165, 1.54) is 5.69 Å². The number of nitrogens with one attached hydrogen (secondary N) is 1. The van der Waals surface area contributed by atoms with E-state index in [1.807, 2.05) is 12.1 Å². The van der Waals surface area contributed by atoms with Crippen LogP contribution in [-0.2, 0) is 5.54 Å². The van der Waals surface area contributed by atoms with Gasteiger partial charge in [0.1, 0.15) is 17.3 Å². The summed E-state index contributed by atoms with van der Waals surface area (Å²) in [7, 11) is 0. The average Bonchev–Trinajstić information content (AvgIpc) is 2.85. The Hall–Kier alpha value is -3.44. The van der Waals surface area contributed by atoms with Gasteiger partial charge in [0, 0.05) is 55.2 Å². The lowest BCUT2D eigenvalue weighted by molar-refractivity contribution is -0.162. The molecule has 0 radical (unpaired) electrons. The molecule has 7 rings (SSSR count). The predicted octanol–water partition coefficient (Wildman–Crippen LogP) is 3.69. The number of rotatable bonds is 5. The third kappa shape index (κ3) is 3.41. The first kappa shape index (κ1) is 22.1. The molecule has 2 aromatic heterocycles. The minimum atomic E-state index is -0.239. The minimum absolute atomic E-state index is 0.156. The highest BCUT2D eigenvalue weighted by molar-refractivity contribution is 5.78. The molecule has 1 N–H and O–H groups in total. The van der Waals surface area contributed by atoms with Gasteiger partial charge < -0.3 is 10.2 Å². The molecule has 2 bridgehead atoms. The molecule has 3 saturated carbocycles. The zero-order chi connectivity index (χ0) is 24.3. The number of fused-ring (bicyclic) bond motifs is 1. The van der Waals surface area contributed by atoms with E-state index in [1.54, 1.807) is 16.8 Å². The molecule has 0 unspecified atom stereocenters. The molecular weight excluding hydrogens is 438 g/mol. The zero-order valence-corrected chi connectivity index (χ0v) is 20.5. The van der Waals surface area contributed by atoms with Crippen molar-refractivity contribution in [2.75, 3.05) is 36.4 Å². The maximum Gasteiger partial charge on any atom is 0.270 e. The van der Waals surface area contributed by atoms with Crippen LogP contribution in [0.4, 0.5) is 17.3 Å². The quantitative estimate of drug-likeness (QED) is 0.609. The summed E-state index contributed by atoms with van der Waals surface area (Å²) < 4.78 is 1.79. The molecule has 1 aromatic carbocycles. The van der Waals surface area contributed by atoms with E-state index in [0.717, 1.165) is 50.1 Å². The molecule has 1 atom stereocenters. The van der Waals surface area contributed by atoms with Crippen LogP contribution in [0.1, 0.15) is 39.2 Å². The second-order valence-corrected chi connectivity index (χ2v) is 10.6. The predicted molar refractivity (Wildman–Crippen MR) is 137 cm³/mol. The van der Waals surface area contributed by atoms with Crippen LogP contribution in [0.5, 0.6) is 0 Å². The van der Waals surface area contributed by atoms with Gasteiger partial charge in [0.25, 0.3) is 5.56 Å². The summed E-state index contributed by atoms with van der Waals surface area (Å²) in [6.07, 6.45) is 3.68. The first-order valence-electron chi connectivity index (χ1n) is 12.6. The molecular formula is C27H31N7O. The third-order valence-corrected chi connectivity index (χ3v) is 8.63. The molecule has 35 heavy (non-hydrogen) atoms. The van der Waals surface area contributed by atoms with Gasteiger partial charge in [-0.25, -0.2) is 4.98 Å². The summed E-state index contributed by atoms with van der Waals surface area (Å²) in [4.78, 5) is 27.4. The lowest BCUT2D eigenvalue weighted by atomic mass is 9.42. The second kappa shape index (κ2) is 8.06. The van der Waals surface area contributed by atoms with Crippen LogP contribution in [0, 0.1) is 23.2 Å². The molecule has 0 amide bonds. The SMILES string of the molecule is CC(C)N1CCN(c2ccc(Nc3ncc4cc(C#N)c(=O)n(C56CC(C5)[C@H]6C)c4n3)cc2)CC1. The normalized spacial score (nSPS) is 25.7. The molecule has 3 aliphatic carbocycles. The highest BCUT2D eigenvalue weighted by atomic mass is 16.1. The first-order valence-corrected chi connectivity index (χ1v) is 12.6. The Labute approximate surface area is 205 Å². The highest BCUT2D eigenvalue weighted by Crippen LogP contribution is 2.66. The monoisotopic (exact) mass is 469 g/mol. The molecule has 8 heteroatoms. The van der Waals surface area contributed by atoms with E-state index in [9.17, 15) is 10.1 Å². The fraction of sp³-hybridized carbons (Fsp3) is 0.481. The van der Waals surface area contributed by atoms with E-state index >= 15 is 0 Å². The van der Waals surface area contributed by atoms with E-state index in [0.29, 0.717) is 29.5 Å². The molecule has 1 saturated heterocycles. The lowest BCUT2D eigenvalue weighted by Gasteiger charge is -2.67. The van der Waals surface area contributed by atoms with Gasteiger partial charge in [0.15, 0.2) is 0 Å². The lowest BCUT2D eigenvalue weighted by Crippen LogP contribution is -2.69. The second-order valence-electron chi connectivity index (χ2n) is 10.6. The van der Waals surface area contributed by atoms with Crippen molar-refractivity contribution >= 4 is 28.4 Å². The van der Waals surface area contributed by atoms with Gasteiger partial charge in [-0.2, -0.15) is 10.2 Å². The number of hydrogen-bond acceptors (Lipinski definition) is 7. The van der Waals surface area contributed by atoms with Crippen molar-refractivity contribution in [1.29, 1.82) is 5.26 Å². The molecule has 4 aliphatic rings. The van der Waals surface area contributed by atoms with E-state index in [2.05, 4.69) is 59.1 Å². The van der Waals surface area contributed by atoms with Gasteiger partial charge in [-0.3, -0.25) is 14.3 Å². The van der Waals surface area contributed by atoms with Gasteiger partial charge in [-0.15, -0.1) is 0 Å². The number of piperazine rings is 1. The summed E-state index contributed by atoms with van der Waals surface area (Å²) in [6, 6.07) is 12.6. The number of nitrogens with zero attached hydrogens (tertiary/aromatic N) is 6. The van der Waals surface area contributed by atoms with Crippen molar-refractivity contribution in [2.24, 2.45) is 11.8 Å². The molecule has 8 nitrogen and oxygen atoms in total. The Kier molecular flexibility index (Phi) is 5.08. The smallest absolute Gasteiger partial charge is 0.270 e. The van der Waals surface area contributed by atoms with Crippen molar-refractivity contribution in [1.82, 2.24) is 19.4 Å². The minimum Gasteiger partial charge on any atom is -0.369 e. The summed E-state index contributed by atoms with van der Waals surface area (Å²) in [6.45, 7) is 10.9. The largest absolute Gasteiger partial charge is 0.369 e. The number of nitriles is 1. The van der Waals surface area contributed by atoms with E-state index in [-0.39, 0.29) is 16.7 Å². The van der Waals surface area contributed by atoms with E-state index < -0.39 is 0 Å². The van der Waals surface area contributed by atoms with Crippen molar-refractivity contribution < 1.29 is 0 Å². The number of pyridine rings is 1. The first-order chi connectivity index (χ1) is 16.9. The average molecular weight is 470 g/mol. The van der Waals surface area contributed by atoms with Crippen LogP contribution < -0.4 is 15.8 Å². The fourth-order valence-electron chi connectivity index (χ4n) is 6.11. The molecule has 0 spiro atoms. The van der Waals surface area contributed by atoms with Gasteiger partial charge in [-0.05, 0) is 68.9 Å². The molecule has 1 aliphatic heterocycles. The van der Waals surface area contributed by atoms with Crippen LogP contribution in [0.3, 0.4) is 0 Å². The number of anilines is 3. The van der Waals surface area contributed by atoms with Crippen molar-refractivity contribution in [3.8, 4) is 6.07 Å². The molecule has 3 heterocycles. The van der Waals surface area contributed by atoms with Crippen molar-refractivity contribution in [3.05, 3.63) is 52.4 Å². The molecule has 4 fully saturated rings. The Morgan fingerprint density at radius 3 is 2.43 bits per heavy atom. The van der Waals surface area contributed by atoms with Gasteiger partial charge in [0.2, 0.25) is 5.95 Å². The number of hydrogen-bond donors (Lipinski definition) is 1. The van der Waals surface area contributed by atoms with E-state index in [4.69, 9.17) is 4.98 Å². The summed E-state index contributed by atoms with van der Waals surface area (Å²) >= 11 is 0. The topological polar surface area (TPSA) is 90.1 Å². The summed E-state index contributed by atoms with van der Waals surface area (Å²) in [5.74, 6) is 1.56. The van der Waals surface area contributed by atoms with Crippen LogP contribution in [0.2, 0.25) is 0 Å². The zero-order valence-electron chi connectivity index (χ0n) is 20.5. The van der Waals surface area contributed by atoms with Gasteiger partial charge in [0.05, 0.1) is 5.54 Å². The van der Waals surface area contributed by atoms with Crippen LogP contribution in [0.25, 0.3) is 11.0 Å². The van der Waals surface area contributed by atoms with Crippen LogP contribution >= 0.6 is 0 Å². The molecule has 3 aromatic rings. The van der Waals surface area contributed by atoms with Crippen molar-refractivity contribution in [2.45, 2.75) is 45.2 Å². The Morgan fingerprint density at radius 1 is 1.14 bits per heavy atom. The Morgan fingerprint density at radius 2 is 1.86 bits per heavy atom. The Balaban J connectivity index is 1.26. The Bertz CT molecular complexity index is 1370. The fourth-order valence-corrected chi connectivity index (χ4v) is 6.11. The van der Waals surface area contributed by atoms with Gasteiger partial charge >= 0.3 is 0 Å².